The van der Waals surface area contributed by atoms with Crippen molar-refractivity contribution in [2.75, 3.05) is 5.32 Å². The van der Waals surface area contributed by atoms with Crippen LogP contribution in [0.25, 0.3) is 16.7 Å². The van der Waals surface area contributed by atoms with Crippen LogP contribution in [0.5, 0.6) is 0 Å². The van der Waals surface area contributed by atoms with E-state index in [9.17, 15) is 9.59 Å². The van der Waals surface area contributed by atoms with E-state index in [1.807, 2.05) is 42.5 Å². The first-order valence-corrected chi connectivity index (χ1v) is 8.03. The third-order valence-corrected chi connectivity index (χ3v) is 4.20. The number of anilines is 1. The molecule has 8 nitrogen and oxygen atoms in total. The standard InChI is InChI=1S/C18H16N6O2/c1-22-15-8-4-5-9-16(15)23(18(22)26)10-17(25)21-13-6-2-3-7-14(13)24-12-19-11-20-24/h2-9,11-12H,10H2,1H3,(H,21,25). The zero-order chi connectivity index (χ0) is 18.1. The van der Waals surface area contributed by atoms with E-state index in [0.717, 1.165) is 11.0 Å². The fourth-order valence-electron chi connectivity index (χ4n) is 2.96. The summed E-state index contributed by atoms with van der Waals surface area (Å²) in [6.07, 6.45) is 2.98. The zero-order valence-corrected chi connectivity index (χ0v) is 14.0. The average molecular weight is 348 g/mol. The van der Waals surface area contributed by atoms with Crippen LogP contribution in [0.1, 0.15) is 0 Å². The Morgan fingerprint density at radius 3 is 2.58 bits per heavy atom. The normalized spacial score (nSPS) is 11.0. The Hall–Kier alpha value is -3.68. The second-order valence-electron chi connectivity index (χ2n) is 5.82. The van der Waals surface area contributed by atoms with Crippen LogP contribution in [0.15, 0.2) is 66.0 Å². The fraction of sp³-hybridized carbons (Fsp3) is 0.111. The van der Waals surface area contributed by atoms with Crippen molar-refractivity contribution in [1.29, 1.82) is 0 Å². The summed E-state index contributed by atoms with van der Waals surface area (Å²) >= 11 is 0. The van der Waals surface area contributed by atoms with E-state index >= 15 is 0 Å². The number of carbonyl (C=O) groups excluding carboxylic acids is 1. The number of rotatable bonds is 4. The summed E-state index contributed by atoms with van der Waals surface area (Å²) in [4.78, 5) is 29.0. The third-order valence-electron chi connectivity index (χ3n) is 4.20. The number of amides is 1. The van der Waals surface area contributed by atoms with Gasteiger partial charge in [-0.2, -0.15) is 5.10 Å². The fourth-order valence-corrected chi connectivity index (χ4v) is 2.96. The van der Waals surface area contributed by atoms with Crippen LogP contribution in [-0.4, -0.2) is 29.8 Å². The maximum atomic E-state index is 12.6. The summed E-state index contributed by atoms with van der Waals surface area (Å²) in [5, 5.41) is 6.94. The largest absolute Gasteiger partial charge is 0.329 e. The minimum absolute atomic E-state index is 0.0775. The number of aryl methyl sites for hydroxylation is 1. The van der Waals surface area contributed by atoms with E-state index in [1.165, 1.54) is 15.5 Å². The van der Waals surface area contributed by atoms with Crippen LogP contribution in [-0.2, 0) is 18.4 Å². The molecule has 4 rings (SSSR count). The molecule has 0 fully saturated rings. The second-order valence-corrected chi connectivity index (χ2v) is 5.82. The maximum absolute atomic E-state index is 12.6. The molecule has 2 aromatic heterocycles. The van der Waals surface area contributed by atoms with Gasteiger partial charge < -0.3 is 5.32 Å². The molecule has 2 aromatic carbocycles. The SMILES string of the molecule is Cn1c(=O)n(CC(=O)Nc2ccccc2-n2cncn2)c2ccccc21. The van der Waals surface area contributed by atoms with Gasteiger partial charge in [-0.15, -0.1) is 0 Å². The van der Waals surface area contributed by atoms with Crippen molar-refractivity contribution in [3.05, 3.63) is 71.7 Å². The number of nitrogens with zero attached hydrogens (tertiary/aromatic N) is 5. The van der Waals surface area contributed by atoms with Crippen molar-refractivity contribution in [2.24, 2.45) is 7.05 Å². The van der Waals surface area contributed by atoms with Crippen LogP contribution < -0.4 is 11.0 Å². The van der Waals surface area contributed by atoms with Gasteiger partial charge in [-0.05, 0) is 24.3 Å². The molecule has 4 aromatic rings. The quantitative estimate of drug-likeness (QED) is 0.606. The van der Waals surface area contributed by atoms with Gasteiger partial charge in [0, 0.05) is 7.05 Å². The van der Waals surface area contributed by atoms with Gasteiger partial charge in [-0.1, -0.05) is 24.3 Å². The molecule has 0 aliphatic carbocycles. The number of benzene rings is 2. The van der Waals surface area contributed by atoms with Crippen LogP contribution in [0.4, 0.5) is 5.69 Å². The highest BCUT2D eigenvalue weighted by molar-refractivity contribution is 5.93. The van der Waals surface area contributed by atoms with Gasteiger partial charge in [0.05, 0.1) is 22.4 Å². The van der Waals surface area contributed by atoms with Gasteiger partial charge in [0.1, 0.15) is 19.2 Å². The minimum atomic E-state index is -0.295. The molecular formula is C18H16N6O2. The topological polar surface area (TPSA) is 86.7 Å². The number of aromatic nitrogens is 5. The van der Waals surface area contributed by atoms with Crippen molar-refractivity contribution in [1.82, 2.24) is 23.9 Å². The molecule has 8 heteroatoms. The Morgan fingerprint density at radius 2 is 1.81 bits per heavy atom. The predicted molar refractivity (Wildman–Crippen MR) is 97.2 cm³/mol. The van der Waals surface area contributed by atoms with Gasteiger partial charge in [-0.25, -0.2) is 14.5 Å². The lowest BCUT2D eigenvalue weighted by molar-refractivity contribution is -0.116. The molecule has 0 radical (unpaired) electrons. The Kier molecular flexibility index (Phi) is 3.85. The summed E-state index contributed by atoms with van der Waals surface area (Å²) in [6.45, 7) is -0.0775. The van der Waals surface area contributed by atoms with Gasteiger partial charge in [0.25, 0.3) is 0 Å². The van der Waals surface area contributed by atoms with E-state index in [2.05, 4.69) is 15.4 Å². The smallest absolute Gasteiger partial charge is 0.323 e. The summed E-state index contributed by atoms with van der Waals surface area (Å²) < 4.78 is 4.56. The van der Waals surface area contributed by atoms with Crippen molar-refractivity contribution in [2.45, 2.75) is 6.54 Å². The number of nitrogens with one attached hydrogen (secondary N) is 1. The van der Waals surface area contributed by atoms with E-state index < -0.39 is 0 Å². The van der Waals surface area contributed by atoms with Crippen LogP contribution in [0.2, 0.25) is 0 Å². The maximum Gasteiger partial charge on any atom is 0.329 e. The van der Waals surface area contributed by atoms with Gasteiger partial charge >= 0.3 is 5.69 Å². The summed E-state index contributed by atoms with van der Waals surface area (Å²) in [7, 11) is 1.69. The zero-order valence-electron chi connectivity index (χ0n) is 14.0. The van der Waals surface area contributed by atoms with Gasteiger partial charge in [-0.3, -0.25) is 13.9 Å². The number of hydrogen-bond donors (Lipinski definition) is 1. The van der Waals surface area contributed by atoms with Crippen molar-refractivity contribution in [3.8, 4) is 5.69 Å². The summed E-state index contributed by atoms with van der Waals surface area (Å²) in [5.41, 5.74) is 2.57. The van der Waals surface area contributed by atoms with Crippen LogP contribution in [0, 0.1) is 0 Å². The Morgan fingerprint density at radius 1 is 1.08 bits per heavy atom. The number of para-hydroxylation sites is 4. The average Bonchev–Trinajstić information content (AvgIpc) is 3.26. The number of fused-ring (bicyclic) bond motifs is 1. The van der Waals surface area contributed by atoms with Crippen LogP contribution >= 0.6 is 0 Å². The molecule has 0 bridgehead atoms. The molecule has 0 saturated heterocycles. The predicted octanol–water partition coefficient (Wildman–Crippen LogP) is 1.56. The monoisotopic (exact) mass is 348 g/mol. The first kappa shape index (κ1) is 15.8. The lowest BCUT2D eigenvalue weighted by atomic mass is 10.2. The number of carbonyl (C=O) groups is 1. The number of imidazole rings is 1. The molecule has 130 valence electrons. The first-order chi connectivity index (χ1) is 12.6. The molecule has 0 atom stereocenters. The Balaban J connectivity index is 1.64. The van der Waals surface area contributed by atoms with E-state index in [-0.39, 0.29) is 18.1 Å². The molecule has 1 amide bonds. The molecule has 2 heterocycles. The van der Waals surface area contributed by atoms with E-state index in [0.29, 0.717) is 11.4 Å². The molecular weight excluding hydrogens is 332 g/mol. The highest BCUT2D eigenvalue weighted by Crippen LogP contribution is 2.19. The van der Waals surface area contributed by atoms with Gasteiger partial charge in [0.15, 0.2) is 0 Å². The van der Waals surface area contributed by atoms with Gasteiger partial charge in [0.2, 0.25) is 5.91 Å². The van der Waals surface area contributed by atoms with E-state index in [4.69, 9.17) is 0 Å². The van der Waals surface area contributed by atoms with Crippen molar-refractivity contribution < 1.29 is 4.79 Å². The molecule has 1 N–H and O–H groups in total. The third kappa shape index (κ3) is 2.67. The lowest BCUT2D eigenvalue weighted by Crippen LogP contribution is -2.28. The Labute approximate surface area is 148 Å². The first-order valence-electron chi connectivity index (χ1n) is 8.03. The molecule has 0 aliphatic rings. The lowest BCUT2D eigenvalue weighted by Gasteiger charge is -2.11. The van der Waals surface area contributed by atoms with E-state index in [1.54, 1.807) is 24.1 Å². The summed E-state index contributed by atoms with van der Waals surface area (Å²) in [5.74, 6) is -0.295. The highest BCUT2D eigenvalue weighted by atomic mass is 16.2. The molecule has 0 spiro atoms. The van der Waals surface area contributed by atoms with Crippen molar-refractivity contribution in [3.63, 3.8) is 0 Å². The molecule has 0 aliphatic heterocycles. The molecule has 0 unspecified atom stereocenters. The number of hydrogen-bond acceptors (Lipinski definition) is 4. The van der Waals surface area contributed by atoms with Crippen molar-refractivity contribution >= 4 is 22.6 Å². The summed E-state index contributed by atoms with van der Waals surface area (Å²) in [6, 6.07) is 14.7. The second kappa shape index (κ2) is 6.32. The Bertz CT molecular complexity index is 1140. The highest BCUT2D eigenvalue weighted by Gasteiger charge is 2.14. The molecule has 0 saturated carbocycles. The van der Waals surface area contributed by atoms with Crippen LogP contribution in [0.3, 0.4) is 0 Å². The molecule has 26 heavy (non-hydrogen) atoms. The minimum Gasteiger partial charge on any atom is -0.323 e.